The molecule has 0 fully saturated rings. The summed E-state index contributed by atoms with van der Waals surface area (Å²) in [6.45, 7) is 0. The van der Waals surface area contributed by atoms with Gasteiger partial charge in [0.25, 0.3) is 0 Å². The van der Waals surface area contributed by atoms with E-state index in [-0.39, 0.29) is 11.3 Å². The maximum atomic E-state index is 13.4. The van der Waals surface area contributed by atoms with Crippen LogP contribution in [0.15, 0.2) is 45.3 Å². The minimum atomic E-state index is -0.601. The molecule has 0 saturated heterocycles. The molecule has 5 heteroatoms. The van der Waals surface area contributed by atoms with E-state index in [0.717, 1.165) is 4.47 Å². The largest absolute Gasteiger partial charge is 0.455 e. The lowest BCUT2D eigenvalue weighted by Gasteiger charge is -2.10. The van der Waals surface area contributed by atoms with Crippen LogP contribution >= 0.6 is 31.9 Å². The fourth-order valence-corrected chi connectivity index (χ4v) is 2.53. The molecule has 92 valence electrons. The average molecular weight is 374 g/mol. The van der Waals surface area contributed by atoms with Crippen molar-refractivity contribution in [3.05, 3.63) is 56.7 Å². The Morgan fingerprint density at radius 2 is 1.89 bits per heavy atom. The molecule has 0 bridgehead atoms. The summed E-state index contributed by atoms with van der Waals surface area (Å²) in [4.78, 5) is 10.8. The minimum absolute atomic E-state index is 0.0904. The number of halogens is 3. The van der Waals surface area contributed by atoms with E-state index in [4.69, 9.17) is 4.74 Å². The van der Waals surface area contributed by atoms with E-state index < -0.39 is 5.82 Å². The maximum absolute atomic E-state index is 13.4. The Balaban J connectivity index is 2.40. The lowest BCUT2D eigenvalue weighted by atomic mass is 10.2. The van der Waals surface area contributed by atoms with Gasteiger partial charge in [0, 0.05) is 4.47 Å². The van der Waals surface area contributed by atoms with Gasteiger partial charge in [-0.15, -0.1) is 0 Å². The summed E-state index contributed by atoms with van der Waals surface area (Å²) < 4.78 is 20.5. The van der Waals surface area contributed by atoms with Crippen molar-refractivity contribution in [3.8, 4) is 11.5 Å². The topological polar surface area (TPSA) is 26.3 Å². The molecule has 0 unspecified atom stereocenters. The van der Waals surface area contributed by atoms with Gasteiger partial charge in [0.05, 0.1) is 10.0 Å². The smallest absolute Gasteiger partial charge is 0.156 e. The van der Waals surface area contributed by atoms with Crippen LogP contribution < -0.4 is 4.74 Å². The van der Waals surface area contributed by atoms with E-state index in [1.54, 1.807) is 24.3 Å². The molecule has 2 aromatic carbocycles. The summed E-state index contributed by atoms with van der Waals surface area (Å²) >= 11 is 6.65. The van der Waals surface area contributed by atoms with Gasteiger partial charge in [-0.25, -0.2) is 4.39 Å². The molecule has 0 atom stereocenters. The van der Waals surface area contributed by atoms with Crippen molar-refractivity contribution in [2.75, 3.05) is 0 Å². The Bertz CT molecular complexity index is 600. The molecule has 0 heterocycles. The van der Waals surface area contributed by atoms with Crippen LogP contribution in [0.3, 0.4) is 0 Å². The Morgan fingerprint density at radius 3 is 2.56 bits per heavy atom. The predicted octanol–water partition coefficient (Wildman–Crippen LogP) is 4.96. The number of rotatable bonds is 3. The van der Waals surface area contributed by atoms with Crippen LogP contribution in [0.5, 0.6) is 11.5 Å². The van der Waals surface area contributed by atoms with Crippen LogP contribution in [0.25, 0.3) is 0 Å². The average Bonchev–Trinajstić information content (AvgIpc) is 2.33. The molecule has 0 aliphatic carbocycles. The zero-order chi connectivity index (χ0) is 13.1. The lowest BCUT2D eigenvalue weighted by Crippen LogP contribution is -1.94. The molecule has 0 N–H and O–H groups in total. The fourth-order valence-electron chi connectivity index (χ4n) is 1.40. The SMILES string of the molecule is O=Cc1c(F)cccc1Oc1ccc(Br)cc1Br. The van der Waals surface area contributed by atoms with Crippen molar-refractivity contribution in [1.82, 2.24) is 0 Å². The van der Waals surface area contributed by atoms with Crippen LogP contribution in [0.4, 0.5) is 4.39 Å². The Hall–Kier alpha value is -1.20. The normalized spacial score (nSPS) is 10.2. The first kappa shape index (κ1) is 13.2. The van der Waals surface area contributed by atoms with Crippen LogP contribution in [0.2, 0.25) is 0 Å². The highest BCUT2D eigenvalue weighted by molar-refractivity contribution is 9.11. The number of benzene rings is 2. The predicted molar refractivity (Wildman–Crippen MR) is 73.7 cm³/mol. The van der Waals surface area contributed by atoms with Gasteiger partial charge in [-0.2, -0.15) is 0 Å². The van der Waals surface area contributed by atoms with Crippen LogP contribution in [0, 0.1) is 5.82 Å². The second-order valence-electron chi connectivity index (χ2n) is 3.45. The second kappa shape index (κ2) is 5.63. The molecule has 0 aliphatic rings. The quantitative estimate of drug-likeness (QED) is 0.711. The number of ether oxygens (including phenoxy) is 1. The van der Waals surface area contributed by atoms with Crippen molar-refractivity contribution in [2.24, 2.45) is 0 Å². The third-order valence-corrected chi connectivity index (χ3v) is 3.36. The number of aldehydes is 1. The van der Waals surface area contributed by atoms with Crippen LogP contribution in [-0.4, -0.2) is 6.29 Å². The summed E-state index contributed by atoms with van der Waals surface area (Å²) in [5.74, 6) is 0.0932. The monoisotopic (exact) mass is 372 g/mol. The van der Waals surface area contributed by atoms with Crippen molar-refractivity contribution in [3.63, 3.8) is 0 Å². The molecule has 2 nitrogen and oxygen atoms in total. The number of hydrogen-bond donors (Lipinski definition) is 0. The summed E-state index contributed by atoms with van der Waals surface area (Å²) in [5, 5.41) is 0. The number of carbonyl (C=O) groups excluding carboxylic acids is 1. The van der Waals surface area contributed by atoms with Gasteiger partial charge in [-0.1, -0.05) is 22.0 Å². The maximum Gasteiger partial charge on any atom is 0.156 e. The zero-order valence-corrected chi connectivity index (χ0v) is 12.2. The third kappa shape index (κ3) is 2.79. The van der Waals surface area contributed by atoms with Crippen molar-refractivity contribution in [1.29, 1.82) is 0 Å². The molecular formula is C13H7Br2FO2. The van der Waals surface area contributed by atoms with Crippen LogP contribution in [-0.2, 0) is 0 Å². The molecule has 0 spiro atoms. The zero-order valence-electron chi connectivity index (χ0n) is 8.99. The summed E-state index contributed by atoms with van der Waals surface area (Å²) in [7, 11) is 0. The Morgan fingerprint density at radius 1 is 1.11 bits per heavy atom. The van der Waals surface area contributed by atoms with Gasteiger partial charge in [0.15, 0.2) is 6.29 Å². The standard InChI is InChI=1S/C13H7Br2FO2/c14-8-4-5-13(10(15)6-8)18-12-3-1-2-11(16)9(12)7-17/h1-7H. The summed E-state index contributed by atoms with van der Waals surface area (Å²) in [6, 6.07) is 9.56. The van der Waals surface area contributed by atoms with Crippen molar-refractivity contribution >= 4 is 38.1 Å². The van der Waals surface area contributed by atoms with Crippen molar-refractivity contribution in [2.45, 2.75) is 0 Å². The molecule has 2 aromatic rings. The van der Waals surface area contributed by atoms with Gasteiger partial charge in [-0.3, -0.25) is 4.79 Å². The van der Waals surface area contributed by atoms with Crippen molar-refractivity contribution < 1.29 is 13.9 Å². The fraction of sp³-hybridized carbons (Fsp3) is 0. The molecule has 0 aromatic heterocycles. The highest BCUT2D eigenvalue weighted by Crippen LogP contribution is 2.33. The van der Waals surface area contributed by atoms with E-state index in [1.807, 2.05) is 0 Å². The molecule has 2 rings (SSSR count). The molecule has 0 aliphatic heterocycles. The molecule has 0 saturated carbocycles. The van der Waals surface area contributed by atoms with Gasteiger partial charge in [0.1, 0.15) is 17.3 Å². The summed E-state index contributed by atoms with van der Waals surface area (Å²) in [6.07, 6.45) is 0.442. The van der Waals surface area contributed by atoms with Gasteiger partial charge >= 0.3 is 0 Å². The van der Waals surface area contributed by atoms with E-state index in [2.05, 4.69) is 31.9 Å². The molecular weight excluding hydrogens is 367 g/mol. The minimum Gasteiger partial charge on any atom is -0.455 e. The summed E-state index contributed by atoms with van der Waals surface area (Å²) in [5.41, 5.74) is -0.0904. The lowest BCUT2D eigenvalue weighted by molar-refractivity contribution is 0.111. The van der Waals surface area contributed by atoms with E-state index >= 15 is 0 Å². The molecule has 0 radical (unpaired) electrons. The Labute approximate surface area is 120 Å². The first-order valence-corrected chi connectivity index (χ1v) is 6.57. The highest BCUT2D eigenvalue weighted by atomic mass is 79.9. The number of hydrogen-bond acceptors (Lipinski definition) is 2. The third-order valence-electron chi connectivity index (χ3n) is 2.24. The van der Waals surface area contributed by atoms with Gasteiger partial charge in [0.2, 0.25) is 0 Å². The number of carbonyl (C=O) groups is 1. The molecule has 0 amide bonds. The first-order valence-electron chi connectivity index (χ1n) is 4.98. The Kier molecular flexibility index (Phi) is 4.14. The van der Waals surface area contributed by atoms with E-state index in [0.29, 0.717) is 16.5 Å². The van der Waals surface area contributed by atoms with E-state index in [9.17, 15) is 9.18 Å². The van der Waals surface area contributed by atoms with Gasteiger partial charge in [-0.05, 0) is 46.3 Å². The van der Waals surface area contributed by atoms with E-state index in [1.165, 1.54) is 12.1 Å². The first-order chi connectivity index (χ1) is 8.61. The van der Waals surface area contributed by atoms with Crippen LogP contribution in [0.1, 0.15) is 10.4 Å². The van der Waals surface area contributed by atoms with Gasteiger partial charge < -0.3 is 4.74 Å². The highest BCUT2D eigenvalue weighted by Gasteiger charge is 2.11. The molecule has 18 heavy (non-hydrogen) atoms. The second-order valence-corrected chi connectivity index (χ2v) is 5.22.